The minimum absolute atomic E-state index is 0. The van der Waals surface area contributed by atoms with E-state index in [0.717, 1.165) is 29.5 Å². The Balaban J connectivity index is 0.00000208. The molecule has 24 heavy (non-hydrogen) atoms. The van der Waals surface area contributed by atoms with Gasteiger partial charge in [0.1, 0.15) is 5.54 Å². The maximum atomic E-state index is 13.2. The van der Waals surface area contributed by atoms with Gasteiger partial charge < -0.3 is 15.4 Å². The zero-order valence-electron chi connectivity index (χ0n) is 14.3. The van der Waals surface area contributed by atoms with Gasteiger partial charge in [-0.1, -0.05) is 29.8 Å². The maximum absolute atomic E-state index is 13.2. The van der Waals surface area contributed by atoms with Crippen LogP contribution in [-0.2, 0) is 14.9 Å². The Labute approximate surface area is 158 Å². The Hall–Kier alpha value is -0.620. The minimum Gasteiger partial charge on any atom is -0.381 e. The predicted octanol–water partition coefficient (Wildman–Crippen LogP) is 3.78. The summed E-state index contributed by atoms with van der Waals surface area (Å²) in [6.45, 7) is 6.26. The van der Waals surface area contributed by atoms with Gasteiger partial charge in [0, 0.05) is 35.3 Å². The molecule has 3 rings (SSSR count). The highest BCUT2D eigenvalue weighted by Gasteiger charge is 2.47. The fourth-order valence-corrected chi connectivity index (χ4v) is 4.26. The van der Waals surface area contributed by atoms with Gasteiger partial charge in [0.05, 0.1) is 0 Å². The summed E-state index contributed by atoms with van der Waals surface area (Å²) in [5.74, 6) is 0.0492. The normalized spacial score (nSPS) is 21.1. The van der Waals surface area contributed by atoms with Crippen molar-refractivity contribution in [2.75, 3.05) is 24.7 Å². The monoisotopic (exact) mass is 416 g/mol. The van der Waals surface area contributed by atoms with Crippen LogP contribution < -0.4 is 10.6 Å². The average molecular weight is 418 g/mol. The van der Waals surface area contributed by atoms with Gasteiger partial charge in [-0.25, -0.2) is 0 Å². The van der Waals surface area contributed by atoms with E-state index in [0.29, 0.717) is 26.1 Å². The molecule has 0 atom stereocenters. The van der Waals surface area contributed by atoms with Crippen LogP contribution in [0.15, 0.2) is 22.7 Å². The molecule has 0 bridgehead atoms. The number of amides is 1. The number of hydrogen-bond donors (Lipinski definition) is 1. The largest absolute Gasteiger partial charge is 0.381 e. The van der Waals surface area contributed by atoms with Gasteiger partial charge in [-0.3, -0.25) is 4.79 Å². The molecule has 4 nitrogen and oxygen atoms in total. The summed E-state index contributed by atoms with van der Waals surface area (Å²) in [5.41, 5.74) is 7.98. The van der Waals surface area contributed by atoms with Crippen molar-refractivity contribution in [3.63, 3.8) is 0 Å². The molecule has 2 N–H and O–H groups in total. The number of halogens is 2. The quantitative estimate of drug-likeness (QED) is 0.814. The van der Waals surface area contributed by atoms with Gasteiger partial charge in [0.25, 0.3) is 0 Å². The molecule has 0 saturated carbocycles. The van der Waals surface area contributed by atoms with E-state index in [4.69, 9.17) is 10.5 Å². The zero-order valence-corrected chi connectivity index (χ0v) is 16.7. The molecule has 0 aromatic heterocycles. The summed E-state index contributed by atoms with van der Waals surface area (Å²) >= 11 is 3.57. The molecular formula is C18H26BrClN2O2. The Bertz CT molecular complexity index is 613. The van der Waals surface area contributed by atoms with Crippen molar-refractivity contribution in [1.82, 2.24) is 0 Å². The van der Waals surface area contributed by atoms with Gasteiger partial charge in [0.15, 0.2) is 0 Å². The van der Waals surface area contributed by atoms with Gasteiger partial charge >= 0.3 is 0 Å². The number of benzene rings is 1. The second-order valence-electron chi connectivity index (χ2n) is 6.81. The van der Waals surface area contributed by atoms with E-state index in [1.165, 1.54) is 5.56 Å². The van der Waals surface area contributed by atoms with Crippen LogP contribution in [0.1, 0.15) is 45.1 Å². The van der Waals surface area contributed by atoms with Crippen LogP contribution in [0, 0.1) is 0 Å². The van der Waals surface area contributed by atoms with Crippen molar-refractivity contribution in [3.05, 3.63) is 28.2 Å². The van der Waals surface area contributed by atoms with Crippen LogP contribution in [0.2, 0.25) is 0 Å². The molecule has 0 radical (unpaired) electrons. The second-order valence-corrected chi connectivity index (χ2v) is 7.72. The summed E-state index contributed by atoms with van der Waals surface area (Å²) in [5, 5.41) is 0. The maximum Gasteiger partial charge on any atom is 0.247 e. The van der Waals surface area contributed by atoms with Crippen molar-refractivity contribution in [1.29, 1.82) is 0 Å². The van der Waals surface area contributed by atoms with Crippen molar-refractivity contribution in [2.24, 2.45) is 5.73 Å². The van der Waals surface area contributed by atoms with Crippen LogP contribution in [0.5, 0.6) is 0 Å². The topological polar surface area (TPSA) is 55.6 Å². The van der Waals surface area contributed by atoms with E-state index in [1.54, 1.807) is 0 Å². The second kappa shape index (κ2) is 7.32. The van der Waals surface area contributed by atoms with E-state index in [1.807, 2.05) is 17.0 Å². The molecule has 2 heterocycles. The van der Waals surface area contributed by atoms with Gasteiger partial charge in [-0.2, -0.15) is 0 Å². The third kappa shape index (κ3) is 3.12. The molecule has 1 fully saturated rings. The first-order valence-electron chi connectivity index (χ1n) is 8.44. The first kappa shape index (κ1) is 19.7. The van der Waals surface area contributed by atoms with Gasteiger partial charge in [-0.05, 0) is 49.4 Å². The van der Waals surface area contributed by atoms with E-state index < -0.39 is 5.54 Å². The van der Waals surface area contributed by atoms with E-state index in [9.17, 15) is 4.79 Å². The van der Waals surface area contributed by atoms with E-state index >= 15 is 0 Å². The van der Waals surface area contributed by atoms with Gasteiger partial charge in [0.2, 0.25) is 5.91 Å². The number of nitrogens with two attached hydrogens (primary N) is 1. The number of hydrogen-bond acceptors (Lipinski definition) is 3. The summed E-state index contributed by atoms with van der Waals surface area (Å²) < 4.78 is 6.45. The highest BCUT2D eigenvalue weighted by Crippen LogP contribution is 2.47. The van der Waals surface area contributed by atoms with E-state index in [-0.39, 0.29) is 23.7 Å². The Morgan fingerprint density at radius 1 is 1.29 bits per heavy atom. The molecule has 0 unspecified atom stereocenters. The molecular weight excluding hydrogens is 392 g/mol. The van der Waals surface area contributed by atoms with Crippen molar-refractivity contribution >= 4 is 39.9 Å². The molecule has 6 heteroatoms. The summed E-state index contributed by atoms with van der Waals surface area (Å²) in [4.78, 5) is 15.2. The fourth-order valence-electron chi connectivity index (χ4n) is 3.90. The smallest absolute Gasteiger partial charge is 0.247 e. The summed E-state index contributed by atoms with van der Waals surface area (Å²) in [6, 6.07) is 6.23. The third-order valence-corrected chi connectivity index (χ3v) is 6.18. The van der Waals surface area contributed by atoms with Crippen LogP contribution in [0.25, 0.3) is 0 Å². The summed E-state index contributed by atoms with van der Waals surface area (Å²) in [7, 11) is 0. The standard InChI is InChI=1S/C18H25BrN2O2.ClH/c1-3-17(4-2)12-21(15-6-5-13(19)11-14(15)17)16(22)18(20)7-9-23-10-8-18;/h5-6,11H,3-4,7-10,12,20H2,1-2H3;1H. The molecule has 0 aliphatic carbocycles. The average Bonchev–Trinajstić information content (AvgIpc) is 2.89. The van der Waals surface area contributed by atoms with Crippen LogP contribution >= 0.6 is 28.3 Å². The lowest BCUT2D eigenvalue weighted by molar-refractivity contribution is -0.127. The van der Waals surface area contributed by atoms with Crippen LogP contribution in [0.3, 0.4) is 0 Å². The molecule has 2 aliphatic rings. The lowest BCUT2D eigenvalue weighted by Gasteiger charge is -2.36. The van der Waals surface area contributed by atoms with Gasteiger partial charge in [-0.15, -0.1) is 12.4 Å². The van der Waals surface area contributed by atoms with Crippen molar-refractivity contribution in [3.8, 4) is 0 Å². The first-order chi connectivity index (χ1) is 11.0. The highest BCUT2D eigenvalue weighted by molar-refractivity contribution is 9.10. The Kier molecular flexibility index (Phi) is 6.01. The first-order valence-corrected chi connectivity index (χ1v) is 9.24. The number of carbonyl (C=O) groups excluding carboxylic acids is 1. The molecule has 0 spiro atoms. The third-order valence-electron chi connectivity index (χ3n) is 5.69. The number of carbonyl (C=O) groups is 1. The number of anilines is 1. The zero-order chi connectivity index (χ0) is 16.7. The fraction of sp³-hybridized carbons (Fsp3) is 0.611. The molecule has 134 valence electrons. The molecule has 1 aromatic carbocycles. The Morgan fingerprint density at radius 3 is 2.50 bits per heavy atom. The molecule has 2 aliphatic heterocycles. The SMILES string of the molecule is CCC1(CC)CN(C(=O)C2(N)CCOCC2)c2ccc(Br)cc21.Cl. The molecule has 1 amide bonds. The number of fused-ring (bicyclic) bond motifs is 1. The number of ether oxygens (including phenoxy) is 1. The number of rotatable bonds is 3. The molecule has 1 aromatic rings. The van der Waals surface area contributed by atoms with Crippen LogP contribution in [-0.4, -0.2) is 31.2 Å². The Morgan fingerprint density at radius 2 is 1.92 bits per heavy atom. The highest BCUT2D eigenvalue weighted by atomic mass is 79.9. The van der Waals surface area contributed by atoms with Crippen molar-refractivity contribution < 1.29 is 9.53 Å². The predicted molar refractivity (Wildman–Crippen MR) is 103 cm³/mol. The minimum atomic E-state index is -0.792. The lowest BCUT2D eigenvalue weighted by atomic mass is 9.77. The van der Waals surface area contributed by atoms with Crippen LogP contribution in [0.4, 0.5) is 5.69 Å². The summed E-state index contributed by atoms with van der Waals surface area (Å²) in [6.07, 6.45) is 3.22. The lowest BCUT2D eigenvalue weighted by Crippen LogP contribution is -2.58. The number of nitrogens with zero attached hydrogens (tertiary/aromatic N) is 1. The van der Waals surface area contributed by atoms with E-state index in [2.05, 4.69) is 35.8 Å². The molecule has 1 saturated heterocycles. The van der Waals surface area contributed by atoms with Crippen molar-refractivity contribution in [2.45, 2.75) is 50.5 Å².